The van der Waals surface area contributed by atoms with Crippen LogP contribution in [-0.4, -0.2) is 54.9 Å². The third-order valence-corrected chi connectivity index (χ3v) is 4.15. The normalized spacial score (nSPS) is 20.0. The number of aliphatic hydroxyl groups excluding tert-OH is 1. The van der Waals surface area contributed by atoms with Crippen molar-refractivity contribution < 1.29 is 9.90 Å². The van der Waals surface area contributed by atoms with Crippen LogP contribution in [0.2, 0.25) is 0 Å². The van der Waals surface area contributed by atoms with Crippen LogP contribution in [0, 0.1) is 11.8 Å². The van der Waals surface area contributed by atoms with Crippen molar-refractivity contribution in [3.63, 3.8) is 0 Å². The average Bonchev–Trinajstić information content (AvgIpc) is 2.44. The average molecular weight is 299 g/mol. The fourth-order valence-corrected chi connectivity index (χ4v) is 2.96. The molecule has 1 rings (SSSR count). The van der Waals surface area contributed by atoms with Gasteiger partial charge in [-0.25, -0.2) is 4.79 Å². The first-order valence-corrected chi connectivity index (χ1v) is 8.43. The third kappa shape index (κ3) is 8.27. The Labute approximate surface area is 129 Å². The Morgan fingerprint density at radius 3 is 2.52 bits per heavy atom. The molecule has 0 spiro atoms. The lowest BCUT2D eigenvalue weighted by atomic mass is 9.97. The molecule has 1 saturated heterocycles. The molecular weight excluding hydrogens is 266 g/mol. The molecule has 3 N–H and O–H groups in total. The zero-order chi connectivity index (χ0) is 15.7. The molecule has 5 nitrogen and oxygen atoms in total. The van der Waals surface area contributed by atoms with Crippen LogP contribution in [0.1, 0.15) is 46.5 Å². The number of hydrogen-bond donors (Lipinski definition) is 3. The largest absolute Gasteiger partial charge is 0.393 e. The van der Waals surface area contributed by atoms with Crippen molar-refractivity contribution in [1.82, 2.24) is 15.5 Å². The van der Waals surface area contributed by atoms with Gasteiger partial charge in [-0.3, -0.25) is 0 Å². The van der Waals surface area contributed by atoms with Crippen LogP contribution in [0.3, 0.4) is 0 Å². The van der Waals surface area contributed by atoms with Crippen molar-refractivity contribution in [1.29, 1.82) is 0 Å². The molecule has 2 atom stereocenters. The van der Waals surface area contributed by atoms with Gasteiger partial charge < -0.3 is 20.6 Å². The molecule has 0 aromatic carbocycles. The van der Waals surface area contributed by atoms with Crippen molar-refractivity contribution in [2.24, 2.45) is 11.8 Å². The number of rotatable bonds is 8. The Morgan fingerprint density at radius 2 is 1.95 bits per heavy atom. The smallest absolute Gasteiger partial charge is 0.314 e. The monoisotopic (exact) mass is 299 g/mol. The molecule has 1 fully saturated rings. The number of aliphatic hydroxyl groups is 1. The van der Waals surface area contributed by atoms with E-state index in [1.54, 1.807) is 6.92 Å². The minimum Gasteiger partial charge on any atom is -0.393 e. The second kappa shape index (κ2) is 10.0. The van der Waals surface area contributed by atoms with Gasteiger partial charge in [-0.05, 0) is 64.1 Å². The van der Waals surface area contributed by atoms with E-state index in [4.69, 9.17) is 0 Å². The maximum absolute atomic E-state index is 11.7. The quantitative estimate of drug-likeness (QED) is 0.640. The topological polar surface area (TPSA) is 64.6 Å². The van der Waals surface area contributed by atoms with Crippen LogP contribution >= 0.6 is 0 Å². The first-order chi connectivity index (χ1) is 10.0. The summed E-state index contributed by atoms with van der Waals surface area (Å²) >= 11 is 0. The van der Waals surface area contributed by atoms with Crippen molar-refractivity contribution in [2.75, 3.05) is 32.7 Å². The molecule has 0 bridgehead atoms. The van der Waals surface area contributed by atoms with E-state index < -0.39 is 0 Å². The fraction of sp³-hybridized carbons (Fsp3) is 0.938. The van der Waals surface area contributed by atoms with Gasteiger partial charge in [0.1, 0.15) is 0 Å². The fourth-order valence-electron chi connectivity index (χ4n) is 2.96. The highest BCUT2D eigenvalue weighted by molar-refractivity contribution is 5.73. The highest BCUT2D eigenvalue weighted by Gasteiger charge is 2.19. The Morgan fingerprint density at radius 1 is 1.29 bits per heavy atom. The molecule has 0 aromatic heterocycles. The van der Waals surface area contributed by atoms with Crippen LogP contribution in [0.4, 0.5) is 4.79 Å². The number of carbonyl (C=O) groups is 1. The number of likely N-dealkylation sites (tertiary alicyclic amines) is 1. The lowest BCUT2D eigenvalue weighted by molar-refractivity contribution is 0.162. The lowest BCUT2D eigenvalue weighted by Crippen LogP contribution is -2.43. The third-order valence-electron chi connectivity index (χ3n) is 4.15. The Hall–Kier alpha value is -0.810. The molecule has 2 unspecified atom stereocenters. The van der Waals surface area contributed by atoms with Crippen LogP contribution in [0.5, 0.6) is 0 Å². The molecule has 2 amide bonds. The van der Waals surface area contributed by atoms with Crippen molar-refractivity contribution in [3.8, 4) is 0 Å². The zero-order valence-electron chi connectivity index (χ0n) is 13.9. The molecule has 5 heteroatoms. The van der Waals surface area contributed by atoms with E-state index in [9.17, 15) is 9.90 Å². The van der Waals surface area contributed by atoms with Gasteiger partial charge in [-0.2, -0.15) is 0 Å². The minimum atomic E-state index is -0.307. The molecule has 21 heavy (non-hydrogen) atoms. The number of amides is 2. The van der Waals surface area contributed by atoms with Crippen molar-refractivity contribution >= 4 is 6.03 Å². The van der Waals surface area contributed by atoms with Gasteiger partial charge in [0.15, 0.2) is 0 Å². The number of piperidine rings is 1. The van der Waals surface area contributed by atoms with Crippen LogP contribution in [-0.2, 0) is 0 Å². The Balaban J connectivity index is 2.08. The minimum absolute atomic E-state index is 0.0802. The number of hydrogen-bond acceptors (Lipinski definition) is 3. The molecule has 0 radical (unpaired) electrons. The second-order valence-corrected chi connectivity index (χ2v) is 6.57. The number of carbonyl (C=O) groups excluding carboxylic acids is 1. The SMILES string of the molecule is CCCN1CCC(CNC(=O)NCC(C)CC(C)O)CC1. The highest BCUT2D eigenvalue weighted by atomic mass is 16.3. The molecule has 0 aliphatic carbocycles. The molecule has 0 aromatic rings. The van der Waals surface area contributed by atoms with E-state index in [0.29, 0.717) is 18.4 Å². The molecule has 124 valence electrons. The predicted molar refractivity (Wildman–Crippen MR) is 86.3 cm³/mol. The first kappa shape index (κ1) is 18.2. The van der Waals surface area contributed by atoms with E-state index in [1.165, 1.54) is 25.8 Å². The van der Waals surface area contributed by atoms with Crippen LogP contribution in [0.25, 0.3) is 0 Å². The lowest BCUT2D eigenvalue weighted by Gasteiger charge is -2.31. The number of urea groups is 1. The van der Waals surface area contributed by atoms with Crippen molar-refractivity contribution in [3.05, 3.63) is 0 Å². The Kier molecular flexibility index (Phi) is 8.69. The van der Waals surface area contributed by atoms with Gasteiger partial charge in [-0.1, -0.05) is 13.8 Å². The van der Waals surface area contributed by atoms with Crippen LogP contribution in [0.15, 0.2) is 0 Å². The molecule has 1 heterocycles. The number of nitrogens with zero attached hydrogens (tertiary/aromatic N) is 1. The van der Waals surface area contributed by atoms with Gasteiger partial charge in [0, 0.05) is 13.1 Å². The van der Waals surface area contributed by atoms with Crippen molar-refractivity contribution in [2.45, 2.75) is 52.6 Å². The Bertz CT molecular complexity index is 289. The standard InChI is InChI=1S/C16H33N3O2/c1-4-7-19-8-5-15(6-9-19)12-18-16(21)17-11-13(2)10-14(3)20/h13-15,20H,4-12H2,1-3H3,(H2,17,18,21). The molecule has 1 aliphatic rings. The summed E-state index contributed by atoms with van der Waals surface area (Å²) in [6.07, 6.45) is 3.99. The maximum Gasteiger partial charge on any atom is 0.314 e. The van der Waals surface area contributed by atoms with Crippen LogP contribution < -0.4 is 10.6 Å². The second-order valence-electron chi connectivity index (χ2n) is 6.57. The van der Waals surface area contributed by atoms with Gasteiger partial charge >= 0.3 is 6.03 Å². The summed E-state index contributed by atoms with van der Waals surface area (Å²) < 4.78 is 0. The van der Waals surface area contributed by atoms with E-state index in [-0.39, 0.29) is 12.1 Å². The maximum atomic E-state index is 11.7. The first-order valence-electron chi connectivity index (χ1n) is 8.43. The number of nitrogens with one attached hydrogen (secondary N) is 2. The molecular formula is C16H33N3O2. The van der Waals surface area contributed by atoms with Gasteiger partial charge in [0.25, 0.3) is 0 Å². The molecule has 1 aliphatic heterocycles. The predicted octanol–water partition coefficient (Wildman–Crippen LogP) is 1.81. The van der Waals surface area contributed by atoms with E-state index >= 15 is 0 Å². The van der Waals surface area contributed by atoms with Gasteiger partial charge in [0.2, 0.25) is 0 Å². The summed E-state index contributed by atoms with van der Waals surface area (Å²) in [4.78, 5) is 14.3. The summed E-state index contributed by atoms with van der Waals surface area (Å²) in [5, 5.41) is 15.2. The summed E-state index contributed by atoms with van der Waals surface area (Å²) in [5.41, 5.74) is 0. The van der Waals surface area contributed by atoms with E-state index in [1.807, 2.05) is 6.92 Å². The van der Waals surface area contributed by atoms with Gasteiger partial charge in [0.05, 0.1) is 6.10 Å². The highest BCUT2D eigenvalue weighted by Crippen LogP contribution is 2.16. The summed E-state index contributed by atoms with van der Waals surface area (Å²) in [6, 6.07) is -0.0802. The zero-order valence-corrected chi connectivity index (χ0v) is 13.9. The summed E-state index contributed by atoms with van der Waals surface area (Å²) in [7, 11) is 0. The summed E-state index contributed by atoms with van der Waals surface area (Å²) in [5.74, 6) is 0.909. The van der Waals surface area contributed by atoms with E-state index in [0.717, 1.165) is 26.1 Å². The summed E-state index contributed by atoms with van der Waals surface area (Å²) in [6.45, 7) is 10.9. The van der Waals surface area contributed by atoms with Gasteiger partial charge in [-0.15, -0.1) is 0 Å². The molecule has 0 saturated carbocycles. The van der Waals surface area contributed by atoms with E-state index in [2.05, 4.69) is 22.5 Å².